The zero-order valence-corrected chi connectivity index (χ0v) is 13.9. The fourth-order valence-electron chi connectivity index (χ4n) is 1.95. The van der Waals surface area contributed by atoms with Crippen LogP contribution in [-0.4, -0.2) is 20.3 Å². The van der Waals surface area contributed by atoms with Crippen LogP contribution in [-0.2, 0) is 11.3 Å². The number of halogens is 1. The minimum absolute atomic E-state index is 0.701. The molecule has 21 heavy (non-hydrogen) atoms. The average Bonchev–Trinajstić information content (AvgIpc) is 2.48. The summed E-state index contributed by atoms with van der Waals surface area (Å²) in [6.07, 6.45) is 0. The van der Waals surface area contributed by atoms with Crippen LogP contribution in [0.1, 0.15) is 11.1 Å². The topological polar surface area (TPSA) is 30.5 Å². The van der Waals surface area contributed by atoms with E-state index in [1.807, 2.05) is 30.3 Å². The van der Waals surface area contributed by atoms with Crippen LogP contribution in [0, 0.1) is 6.92 Å². The van der Waals surface area contributed by atoms with Crippen LogP contribution in [0.3, 0.4) is 0 Å². The molecule has 0 radical (unpaired) electrons. The number of methoxy groups -OCH3 is 1. The molecule has 0 spiro atoms. The largest absolute Gasteiger partial charge is 0.456 e. The summed E-state index contributed by atoms with van der Waals surface area (Å²) in [7, 11) is 1.70. The fraction of sp³-hybridized carbons (Fsp3) is 0.294. The molecule has 0 fully saturated rings. The van der Waals surface area contributed by atoms with E-state index in [9.17, 15) is 0 Å². The minimum Gasteiger partial charge on any atom is -0.456 e. The number of nitrogens with one attached hydrogen (secondary N) is 1. The number of aryl methyl sites for hydroxylation is 1. The Bertz CT molecular complexity index is 587. The van der Waals surface area contributed by atoms with Crippen molar-refractivity contribution < 1.29 is 9.47 Å². The molecular formula is C17H20BrNO2. The van der Waals surface area contributed by atoms with Gasteiger partial charge in [0.25, 0.3) is 0 Å². The van der Waals surface area contributed by atoms with Crippen molar-refractivity contribution in [2.75, 3.05) is 20.3 Å². The summed E-state index contributed by atoms with van der Waals surface area (Å²) in [5.74, 6) is 1.69. The van der Waals surface area contributed by atoms with Crippen LogP contribution in [0.2, 0.25) is 0 Å². The summed E-state index contributed by atoms with van der Waals surface area (Å²) in [5, 5.41) is 3.34. The molecule has 2 aromatic carbocycles. The Hall–Kier alpha value is -1.36. The van der Waals surface area contributed by atoms with E-state index in [-0.39, 0.29) is 0 Å². The number of rotatable bonds is 7. The Morgan fingerprint density at radius 1 is 1.10 bits per heavy atom. The lowest BCUT2D eigenvalue weighted by Crippen LogP contribution is -2.18. The van der Waals surface area contributed by atoms with Gasteiger partial charge in [-0.15, -0.1) is 0 Å². The average molecular weight is 350 g/mol. The van der Waals surface area contributed by atoms with Crippen LogP contribution in [0.5, 0.6) is 11.5 Å². The third-order valence-corrected chi connectivity index (χ3v) is 3.70. The summed E-state index contributed by atoms with van der Waals surface area (Å²) < 4.78 is 12.0. The van der Waals surface area contributed by atoms with Crippen molar-refractivity contribution in [2.45, 2.75) is 13.5 Å². The third kappa shape index (κ3) is 4.84. The van der Waals surface area contributed by atoms with E-state index in [0.29, 0.717) is 6.61 Å². The van der Waals surface area contributed by atoms with Crippen molar-refractivity contribution in [2.24, 2.45) is 0 Å². The first-order chi connectivity index (χ1) is 10.2. The van der Waals surface area contributed by atoms with Crippen molar-refractivity contribution in [3.63, 3.8) is 0 Å². The van der Waals surface area contributed by atoms with Crippen LogP contribution in [0.4, 0.5) is 0 Å². The van der Waals surface area contributed by atoms with Gasteiger partial charge in [-0.1, -0.05) is 24.3 Å². The molecule has 0 heterocycles. The van der Waals surface area contributed by atoms with Gasteiger partial charge in [-0.25, -0.2) is 0 Å². The second kappa shape index (κ2) is 8.17. The van der Waals surface area contributed by atoms with E-state index < -0.39 is 0 Å². The third-order valence-electron chi connectivity index (χ3n) is 3.08. The molecule has 0 aliphatic rings. The summed E-state index contributed by atoms with van der Waals surface area (Å²) >= 11 is 3.55. The van der Waals surface area contributed by atoms with Gasteiger partial charge in [0.2, 0.25) is 0 Å². The van der Waals surface area contributed by atoms with Crippen molar-refractivity contribution in [1.82, 2.24) is 5.32 Å². The smallest absolute Gasteiger partial charge is 0.141 e. The Kier molecular flexibility index (Phi) is 6.23. The second-order valence-electron chi connectivity index (χ2n) is 4.81. The zero-order valence-electron chi connectivity index (χ0n) is 12.4. The maximum Gasteiger partial charge on any atom is 0.141 e. The van der Waals surface area contributed by atoms with E-state index in [4.69, 9.17) is 9.47 Å². The molecule has 4 heteroatoms. The van der Waals surface area contributed by atoms with Crippen LogP contribution < -0.4 is 10.1 Å². The van der Waals surface area contributed by atoms with Gasteiger partial charge in [0.1, 0.15) is 11.5 Å². The molecule has 0 saturated carbocycles. The van der Waals surface area contributed by atoms with E-state index in [0.717, 1.165) is 34.6 Å². The predicted molar refractivity (Wildman–Crippen MR) is 89.0 cm³/mol. The molecule has 0 atom stereocenters. The van der Waals surface area contributed by atoms with Crippen LogP contribution in [0.25, 0.3) is 0 Å². The normalized spacial score (nSPS) is 10.6. The van der Waals surface area contributed by atoms with E-state index in [2.05, 4.69) is 40.3 Å². The summed E-state index contributed by atoms with van der Waals surface area (Å²) in [4.78, 5) is 0. The molecule has 0 amide bonds. The molecule has 112 valence electrons. The summed E-state index contributed by atoms with van der Waals surface area (Å²) in [6.45, 7) is 4.33. The molecular weight excluding hydrogens is 330 g/mol. The highest BCUT2D eigenvalue weighted by atomic mass is 79.9. The van der Waals surface area contributed by atoms with Gasteiger partial charge < -0.3 is 14.8 Å². The molecule has 2 rings (SSSR count). The Labute approximate surface area is 134 Å². The minimum atomic E-state index is 0.701. The molecule has 2 aromatic rings. The molecule has 0 aliphatic carbocycles. The summed E-state index contributed by atoms with van der Waals surface area (Å²) in [6, 6.07) is 14.1. The first kappa shape index (κ1) is 16.0. The number of benzene rings is 2. The fourth-order valence-corrected chi connectivity index (χ4v) is 2.53. The maximum atomic E-state index is 6.03. The Balaban J connectivity index is 2.08. The SMILES string of the molecule is COCCNCc1ccccc1Oc1ccc(C)cc1Br. The molecule has 0 saturated heterocycles. The van der Waals surface area contributed by atoms with Gasteiger partial charge in [-0.05, 0) is 46.6 Å². The van der Waals surface area contributed by atoms with Gasteiger partial charge in [-0.3, -0.25) is 0 Å². The maximum absolute atomic E-state index is 6.03. The highest BCUT2D eigenvalue weighted by Crippen LogP contribution is 2.32. The lowest BCUT2D eigenvalue weighted by Gasteiger charge is -2.13. The van der Waals surface area contributed by atoms with Gasteiger partial charge in [-0.2, -0.15) is 0 Å². The molecule has 0 aromatic heterocycles. The van der Waals surface area contributed by atoms with Crippen molar-refractivity contribution in [1.29, 1.82) is 0 Å². The van der Waals surface area contributed by atoms with Gasteiger partial charge in [0.15, 0.2) is 0 Å². The van der Waals surface area contributed by atoms with Crippen LogP contribution >= 0.6 is 15.9 Å². The lowest BCUT2D eigenvalue weighted by molar-refractivity contribution is 0.199. The van der Waals surface area contributed by atoms with Crippen molar-refractivity contribution in [3.05, 3.63) is 58.1 Å². The molecule has 1 N–H and O–H groups in total. The summed E-state index contributed by atoms with van der Waals surface area (Å²) in [5.41, 5.74) is 2.32. The highest BCUT2D eigenvalue weighted by molar-refractivity contribution is 9.10. The van der Waals surface area contributed by atoms with E-state index in [1.165, 1.54) is 5.56 Å². The molecule has 3 nitrogen and oxygen atoms in total. The van der Waals surface area contributed by atoms with E-state index in [1.54, 1.807) is 7.11 Å². The van der Waals surface area contributed by atoms with Crippen LogP contribution in [0.15, 0.2) is 46.9 Å². The van der Waals surface area contributed by atoms with Crippen molar-refractivity contribution in [3.8, 4) is 11.5 Å². The van der Waals surface area contributed by atoms with Gasteiger partial charge in [0, 0.05) is 25.8 Å². The van der Waals surface area contributed by atoms with Gasteiger partial charge in [0.05, 0.1) is 11.1 Å². The first-order valence-corrected chi connectivity index (χ1v) is 7.71. The standard InChI is InChI=1S/C17H20BrNO2/c1-13-7-8-17(15(18)11-13)21-16-6-4-3-5-14(16)12-19-9-10-20-2/h3-8,11,19H,9-10,12H2,1-2H3. The molecule has 0 unspecified atom stereocenters. The molecule has 0 aliphatic heterocycles. The Morgan fingerprint density at radius 2 is 1.90 bits per heavy atom. The lowest BCUT2D eigenvalue weighted by atomic mass is 10.2. The quantitative estimate of drug-likeness (QED) is 0.756. The second-order valence-corrected chi connectivity index (χ2v) is 5.67. The highest BCUT2D eigenvalue weighted by Gasteiger charge is 2.07. The number of hydrogen-bond donors (Lipinski definition) is 1. The monoisotopic (exact) mass is 349 g/mol. The number of para-hydroxylation sites is 1. The molecule has 0 bridgehead atoms. The van der Waals surface area contributed by atoms with Crippen molar-refractivity contribution >= 4 is 15.9 Å². The predicted octanol–water partition coefficient (Wildman–Crippen LogP) is 4.29. The van der Waals surface area contributed by atoms with Gasteiger partial charge >= 0.3 is 0 Å². The van der Waals surface area contributed by atoms with E-state index >= 15 is 0 Å². The Morgan fingerprint density at radius 3 is 2.67 bits per heavy atom. The number of hydrogen-bond acceptors (Lipinski definition) is 3. The number of ether oxygens (including phenoxy) is 2. The zero-order chi connectivity index (χ0) is 15.1. The first-order valence-electron chi connectivity index (χ1n) is 6.92.